The van der Waals surface area contributed by atoms with Crippen LogP contribution in [-0.4, -0.2) is 17.1 Å². The SMILES string of the molecule is N[C@@H](Cc1ccc[13cH]c1)C(=O)O. The number of aliphatic carboxylic acids is 1. The zero-order chi connectivity index (χ0) is 8.97. The molecular formula is C9H11NO2. The van der Waals surface area contributed by atoms with Gasteiger partial charge in [0.15, 0.2) is 0 Å². The van der Waals surface area contributed by atoms with Gasteiger partial charge in [-0.25, -0.2) is 0 Å². The highest BCUT2D eigenvalue weighted by Gasteiger charge is 2.10. The standard InChI is InChI=1S/C9H11NO2/c10-8(9(11)12)6-7-4-2-1-3-5-7/h1-5,8H,6,10H2,(H,11,12)/t8-/m0/s1/i2+1. The Hall–Kier alpha value is -1.35. The van der Waals surface area contributed by atoms with Gasteiger partial charge < -0.3 is 10.8 Å². The molecule has 1 aromatic carbocycles. The molecule has 0 fully saturated rings. The summed E-state index contributed by atoms with van der Waals surface area (Å²) in [6.07, 6.45) is 0.385. The second-order valence-corrected chi connectivity index (χ2v) is 2.63. The molecule has 0 saturated carbocycles. The van der Waals surface area contributed by atoms with E-state index in [2.05, 4.69) is 0 Å². The van der Waals surface area contributed by atoms with E-state index in [1.807, 2.05) is 30.3 Å². The smallest absolute Gasteiger partial charge is 0.320 e. The quantitative estimate of drug-likeness (QED) is 0.692. The first-order chi connectivity index (χ1) is 5.70. The van der Waals surface area contributed by atoms with E-state index < -0.39 is 12.0 Å². The lowest BCUT2D eigenvalue weighted by atomic mass is 10.1. The molecule has 64 valence electrons. The van der Waals surface area contributed by atoms with Crippen LogP contribution < -0.4 is 5.73 Å². The van der Waals surface area contributed by atoms with E-state index in [9.17, 15) is 4.79 Å². The van der Waals surface area contributed by atoms with Gasteiger partial charge in [-0.05, 0) is 12.0 Å². The van der Waals surface area contributed by atoms with Crippen LogP contribution in [0.2, 0.25) is 0 Å². The van der Waals surface area contributed by atoms with E-state index in [1.54, 1.807) is 0 Å². The van der Waals surface area contributed by atoms with Crippen molar-refractivity contribution in [3.63, 3.8) is 0 Å². The molecule has 12 heavy (non-hydrogen) atoms. The van der Waals surface area contributed by atoms with Crippen molar-refractivity contribution in [1.82, 2.24) is 0 Å². The largest absolute Gasteiger partial charge is 0.480 e. The lowest BCUT2D eigenvalue weighted by molar-refractivity contribution is -0.138. The highest BCUT2D eigenvalue weighted by Crippen LogP contribution is 2.01. The fourth-order valence-corrected chi connectivity index (χ4v) is 0.955. The number of nitrogens with two attached hydrogens (primary N) is 1. The summed E-state index contributed by atoms with van der Waals surface area (Å²) in [5.41, 5.74) is 6.30. The van der Waals surface area contributed by atoms with Gasteiger partial charge in [-0.2, -0.15) is 0 Å². The first-order valence-electron chi connectivity index (χ1n) is 3.72. The number of carbonyl (C=O) groups is 1. The van der Waals surface area contributed by atoms with Crippen LogP contribution in [0.15, 0.2) is 30.3 Å². The maximum absolute atomic E-state index is 10.4. The molecule has 1 rings (SSSR count). The van der Waals surface area contributed by atoms with Crippen LogP contribution >= 0.6 is 0 Å². The van der Waals surface area contributed by atoms with Crippen molar-refractivity contribution in [2.75, 3.05) is 0 Å². The molecule has 0 heterocycles. The van der Waals surface area contributed by atoms with Crippen molar-refractivity contribution in [3.8, 4) is 0 Å². The summed E-state index contributed by atoms with van der Waals surface area (Å²) in [5.74, 6) is -0.959. The third-order valence-electron chi connectivity index (χ3n) is 1.62. The van der Waals surface area contributed by atoms with Crippen molar-refractivity contribution < 1.29 is 9.90 Å². The number of rotatable bonds is 3. The van der Waals surface area contributed by atoms with E-state index in [-0.39, 0.29) is 0 Å². The lowest BCUT2D eigenvalue weighted by Crippen LogP contribution is -2.32. The summed E-state index contributed by atoms with van der Waals surface area (Å²) < 4.78 is 0. The Morgan fingerprint density at radius 1 is 1.42 bits per heavy atom. The van der Waals surface area contributed by atoms with Crippen molar-refractivity contribution in [2.24, 2.45) is 5.73 Å². The van der Waals surface area contributed by atoms with Crippen LogP contribution in [0.1, 0.15) is 5.56 Å². The van der Waals surface area contributed by atoms with E-state index >= 15 is 0 Å². The first kappa shape index (κ1) is 8.74. The van der Waals surface area contributed by atoms with E-state index in [0.717, 1.165) is 5.56 Å². The van der Waals surface area contributed by atoms with Gasteiger partial charge in [-0.15, -0.1) is 0 Å². The summed E-state index contributed by atoms with van der Waals surface area (Å²) in [6, 6.07) is 8.54. The highest BCUT2D eigenvalue weighted by molar-refractivity contribution is 5.73. The summed E-state index contributed by atoms with van der Waals surface area (Å²) in [6.45, 7) is 0. The van der Waals surface area contributed by atoms with Crippen LogP contribution in [0, 0.1) is 0 Å². The van der Waals surface area contributed by atoms with E-state index in [4.69, 9.17) is 10.8 Å². The number of hydrogen-bond donors (Lipinski definition) is 2. The molecule has 0 saturated heterocycles. The van der Waals surface area contributed by atoms with E-state index in [0.29, 0.717) is 6.42 Å². The molecule has 3 nitrogen and oxygen atoms in total. The molecule has 0 unspecified atom stereocenters. The molecule has 0 spiro atoms. The van der Waals surface area contributed by atoms with Crippen molar-refractivity contribution in [3.05, 3.63) is 35.9 Å². The van der Waals surface area contributed by atoms with Crippen LogP contribution in [0.5, 0.6) is 0 Å². The Labute approximate surface area is 70.8 Å². The molecule has 0 aliphatic rings. The van der Waals surface area contributed by atoms with Gasteiger partial charge >= 0.3 is 5.97 Å². The van der Waals surface area contributed by atoms with Crippen LogP contribution in [0.25, 0.3) is 0 Å². The molecule has 0 aliphatic heterocycles. The minimum absolute atomic E-state index is 0.385. The van der Waals surface area contributed by atoms with Gasteiger partial charge in [-0.3, -0.25) is 4.79 Å². The summed E-state index contributed by atoms with van der Waals surface area (Å²) >= 11 is 0. The maximum atomic E-state index is 10.4. The molecule has 0 aliphatic carbocycles. The van der Waals surface area contributed by atoms with Crippen molar-refractivity contribution in [2.45, 2.75) is 12.5 Å². The molecule has 0 amide bonds. The van der Waals surface area contributed by atoms with Gasteiger partial charge in [0.2, 0.25) is 0 Å². The molecule has 3 heteroatoms. The van der Waals surface area contributed by atoms with Gasteiger partial charge in [0.25, 0.3) is 0 Å². The summed E-state index contributed by atoms with van der Waals surface area (Å²) in [7, 11) is 0. The second kappa shape index (κ2) is 3.88. The summed E-state index contributed by atoms with van der Waals surface area (Å²) in [5, 5.41) is 8.52. The Balaban J connectivity index is 2.58. The van der Waals surface area contributed by atoms with Crippen molar-refractivity contribution in [1.29, 1.82) is 0 Å². The van der Waals surface area contributed by atoms with Gasteiger partial charge in [0.05, 0.1) is 0 Å². The number of carboxylic acid groups (broad SMARTS) is 1. The number of carboxylic acids is 1. The molecule has 0 bridgehead atoms. The molecule has 0 aromatic heterocycles. The predicted molar refractivity (Wildman–Crippen MR) is 45.8 cm³/mol. The second-order valence-electron chi connectivity index (χ2n) is 2.63. The zero-order valence-electron chi connectivity index (χ0n) is 6.60. The fraction of sp³-hybridized carbons (Fsp3) is 0.222. The van der Waals surface area contributed by atoms with Crippen LogP contribution in [0.4, 0.5) is 0 Å². The highest BCUT2D eigenvalue weighted by atomic mass is 16.4. The summed E-state index contributed by atoms with van der Waals surface area (Å²) in [4.78, 5) is 10.4. The first-order valence-corrected chi connectivity index (χ1v) is 3.72. The normalized spacial score (nSPS) is 12.4. The molecule has 1 atom stereocenters. The molecule has 3 N–H and O–H groups in total. The average Bonchev–Trinajstić information content (AvgIpc) is 2.06. The van der Waals surface area contributed by atoms with Crippen LogP contribution in [-0.2, 0) is 11.2 Å². The monoisotopic (exact) mass is 166 g/mol. The molecular weight excluding hydrogens is 155 g/mol. The number of hydrogen-bond acceptors (Lipinski definition) is 2. The Kier molecular flexibility index (Phi) is 2.82. The zero-order valence-corrected chi connectivity index (χ0v) is 6.60. The maximum Gasteiger partial charge on any atom is 0.320 e. The molecule has 0 radical (unpaired) electrons. The van der Waals surface area contributed by atoms with Gasteiger partial charge in [0.1, 0.15) is 6.04 Å². The topological polar surface area (TPSA) is 63.3 Å². The fourth-order valence-electron chi connectivity index (χ4n) is 0.955. The third kappa shape index (κ3) is 2.36. The Morgan fingerprint density at radius 3 is 2.50 bits per heavy atom. The van der Waals surface area contributed by atoms with E-state index in [1.165, 1.54) is 0 Å². The third-order valence-corrected chi connectivity index (χ3v) is 1.62. The molecule has 1 aromatic rings. The number of benzene rings is 1. The Bertz CT molecular complexity index is 258. The lowest BCUT2D eigenvalue weighted by Gasteiger charge is -2.04. The minimum atomic E-state index is -0.959. The van der Waals surface area contributed by atoms with Gasteiger partial charge in [-0.1, -0.05) is 30.3 Å². The average molecular weight is 166 g/mol. The van der Waals surface area contributed by atoms with Crippen LogP contribution in [0.3, 0.4) is 0 Å². The Morgan fingerprint density at radius 2 is 2.00 bits per heavy atom. The van der Waals surface area contributed by atoms with Crippen molar-refractivity contribution >= 4 is 5.97 Å². The predicted octanol–water partition coefficient (Wildman–Crippen LogP) is 0.641. The minimum Gasteiger partial charge on any atom is -0.480 e. The van der Waals surface area contributed by atoms with Gasteiger partial charge in [0, 0.05) is 0 Å².